The van der Waals surface area contributed by atoms with E-state index in [1.165, 1.54) is 0 Å². The van der Waals surface area contributed by atoms with E-state index in [0.29, 0.717) is 24.5 Å². The standard InChI is InChI=1S/C22H20N2O4S/c1-15-23-18(14-29-15)12-27-19-8-6-17(7-9-19)22(26)28-13-21(25)24-11-10-16-4-2-3-5-20(16)24/h2-9,14H,10-13H2,1H3. The van der Waals surface area contributed by atoms with E-state index < -0.39 is 5.97 Å². The number of hydrogen-bond donors (Lipinski definition) is 0. The number of carbonyl (C=O) groups is 2. The molecule has 148 valence electrons. The topological polar surface area (TPSA) is 68.7 Å². The molecule has 0 bridgehead atoms. The predicted octanol–water partition coefficient (Wildman–Crippen LogP) is 3.78. The molecule has 29 heavy (non-hydrogen) atoms. The minimum absolute atomic E-state index is 0.221. The number of amides is 1. The fourth-order valence-electron chi connectivity index (χ4n) is 3.20. The molecule has 1 aromatic heterocycles. The summed E-state index contributed by atoms with van der Waals surface area (Å²) >= 11 is 1.58. The molecule has 0 aliphatic carbocycles. The summed E-state index contributed by atoms with van der Waals surface area (Å²) in [6.07, 6.45) is 0.817. The van der Waals surface area contributed by atoms with Crippen LogP contribution in [-0.4, -0.2) is 30.0 Å². The minimum Gasteiger partial charge on any atom is -0.487 e. The number of rotatable bonds is 6. The number of anilines is 1. The quantitative estimate of drug-likeness (QED) is 0.581. The van der Waals surface area contributed by atoms with Crippen LogP contribution in [-0.2, 0) is 22.6 Å². The molecule has 0 atom stereocenters. The Morgan fingerprint density at radius 3 is 2.69 bits per heavy atom. The second-order valence-electron chi connectivity index (χ2n) is 6.67. The lowest BCUT2D eigenvalue weighted by Gasteiger charge is -2.17. The van der Waals surface area contributed by atoms with Crippen LogP contribution in [0, 0.1) is 6.92 Å². The molecule has 0 fully saturated rings. The van der Waals surface area contributed by atoms with Crippen LogP contribution < -0.4 is 9.64 Å². The number of esters is 1. The van der Waals surface area contributed by atoms with E-state index in [2.05, 4.69) is 4.98 Å². The molecule has 4 rings (SSSR count). The molecule has 0 spiro atoms. The van der Waals surface area contributed by atoms with E-state index in [9.17, 15) is 9.59 Å². The van der Waals surface area contributed by atoms with Crippen LogP contribution in [0.1, 0.15) is 26.6 Å². The number of aromatic nitrogens is 1. The molecular formula is C22H20N2O4S. The summed E-state index contributed by atoms with van der Waals surface area (Å²) in [5.74, 6) is -0.119. The van der Waals surface area contributed by atoms with Crippen molar-refractivity contribution in [2.75, 3.05) is 18.1 Å². The van der Waals surface area contributed by atoms with Gasteiger partial charge in [-0.1, -0.05) is 18.2 Å². The number of nitrogens with zero attached hydrogens (tertiary/aromatic N) is 2. The van der Waals surface area contributed by atoms with Crippen molar-refractivity contribution in [2.45, 2.75) is 20.0 Å². The monoisotopic (exact) mass is 408 g/mol. The van der Waals surface area contributed by atoms with E-state index in [1.54, 1.807) is 40.5 Å². The number of carbonyl (C=O) groups excluding carboxylic acids is 2. The van der Waals surface area contributed by atoms with Crippen LogP contribution in [0.5, 0.6) is 5.75 Å². The van der Waals surface area contributed by atoms with Crippen molar-refractivity contribution >= 4 is 28.9 Å². The maximum absolute atomic E-state index is 12.4. The Kier molecular flexibility index (Phi) is 5.57. The Morgan fingerprint density at radius 1 is 1.14 bits per heavy atom. The lowest BCUT2D eigenvalue weighted by atomic mass is 10.2. The van der Waals surface area contributed by atoms with Crippen molar-refractivity contribution in [3.8, 4) is 5.75 Å². The average Bonchev–Trinajstić information content (AvgIpc) is 3.36. The maximum Gasteiger partial charge on any atom is 0.338 e. The lowest BCUT2D eigenvalue weighted by Crippen LogP contribution is -2.33. The summed E-state index contributed by atoms with van der Waals surface area (Å²) < 4.78 is 10.9. The molecule has 0 radical (unpaired) electrons. The van der Waals surface area contributed by atoms with Gasteiger partial charge in [-0.05, 0) is 49.2 Å². The molecule has 6 nitrogen and oxygen atoms in total. The van der Waals surface area contributed by atoms with Crippen molar-refractivity contribution in [3.05, 3.63) is 75.7 Å². The summed E-state index contributed by atoms with van der Waals surface area (Å²) in [5.41, 5.74) is 3.27. The molecule has 2 aromatic carbocycles. The molecule has 1 amide bonds. The van der Waals surface area contributed by atoms with Gasteiger partial charge < -0.3 is 14.4 Å². The second kappa shape index (κ2) is 8.45. The van der Waals surface area contributed by atoms with Crippen molar-refractivity contribution in [2.24, 2.45) is 0 Å². The number of hydrogen-bond acceptors (Lipinski definition) is 6. The normalized spacial score (nSPS) is 12.5. The van der Waals surface area contributed by atoms with Gasteiger partial charge in [-0.2, -0.15) is 0 Å². The van der Waals surface area contributed by atoms with Gasteiger partial charge in [0.05, 0.1) is 16.3 Å². The number of para-hydroxylation sites is 1. The fourth-order valence-corrected chi connectivity index (χ4v) is 3.80. The third-order valence-electron chi connectivity index (χ3n) is 4.66. The highest BCUT2D eigenvalue weighted by Crippen LogP contribution is 2.27. The molecule has 1 aliphatic heterocycles. The van der Waals surface area contributed by atoms with E-state index in [-0.39, 0.29) is 12.5 Å². The SMILES string of the molecule is Cc1nc(COc2ccc(C(=O)OCC(=O)N3CCc4ccccc43)cc2)cs1. The highest BCUT2D eigenvalue weighted by atomic mass is 32.1. The Labute approximate surface area is 172 Å². The van der Waals surface area contributed by atoms with Gasteiger partial charge in [0.1, 0.15) is 12.4 Å². The highest BCUT2D eigenvalue weighted by molar-refractivity contribution is 7.09. The van der Waals surface area contributed by atoms with Crippen LogP contribution in [0.25, 0.3) is 0 Å². The largest absolute Gasteiger partial charge is 0.487 e. The van der Waals surface area contributed by atoms with Gasteiger partial charge in [0.15, 0.2) is 6.61 Å². The molecule has 3 aromatic rings. The molecule has 2 heterocycles. The zero-order chi connectivity index (χ0) is 20.2. The lowest BCUT2D eigenvalue weighted by molar-refractivity contribution is -0.121. The first-order valence-corrected chi connectivity index (χ1v) is 10.2. The summed E-state index contributed by atoms with van der Waals surface area (Å²) in [6, 6.07) is 14.4. The first-order chi connectivity index (χ1) is 14.1. The number of ether oxygens (including phenoxy) is 2. The summed E-state index contributed by atoms with van der Waals surface area (Å²) in [4.78, 5) is 30.7. The number of benzene rings is 2. The van der Waals surface area contributed by atoms with E-state index in [1.807, 2.05) is 36.6 Å². The molecule has 0 unspecified atom stereocenters. The van der Waals surface area contributed by atoms with Crippen LogP contribution in [0.4, 0.5) is 5.69 Å². The van der Waals surface area contributed by atoms with Crippen molar-refractivity contribution in [1.29, 1.82) is 0 Å². The van der Waals surface area contributed by atoms with Gasteiger partial charge in [-0.25, -0.2) is 9.78 Å². The maximum atomic E-state index is 12.4. The van der Waals surface area contributed by atoms with E-state index >= 15 is 0 Å². The minimum atomic E-state index is -0.535. The summed E-state index contributed by atoms with van der Waals surface area (Å²) in [6.45, 7) is 2.65. The molecule has 0 saturated heterocycles. The molecule has 7 heteroatoms. The Morgan fingerprint density at radius 2 is 1.93 bits per heavy atom. The Hall–Kier alpha value is -3.19. The number of thiazole rings is 1. The molecule has 0 N–H and O–H groups in total. The number of fused-ring (bicyclic) bond motifs is 1. The van der Waals surface area contributed by atoms with Gasteiger partial charge in [0, 0.05) is 17.6 Å². The Balaban J connectivity index is 1.29. The molecule has 1 aliphatic rings. The predicted molar refractivity (Wildman–Crippen MR) is 110 cm³/mol. The van der Waals surface area contributed by atoms with Crippen molar-refractivity contribution < 1.29 is 19.1 Å². The van der Waals surface area contributed by atoms with Crippen LogP contribution in [0.3, 0.4) is 0 Å². The third-order valence-corrected chi connectivity index (χ3v) is 5.48. The molecular weight excluding hydrogens is 388 g/mol. The van der Waals surface area contributed by atoms with Gasteiger partial charge in [0.2, 0.25) is 0 Å². The van der Waals surface area contributed by atoms with Gasteiger partial charge >= 0.3 is 5.97 Å². The average molecular weight is 408 g/mol. The smallest absolute Gasteiger partial charge is 0.338 e. The van der Waals surface area contributed by atoms with Gasteiger partial charge in [0.25, 0.3) is 5.91 Å². The van der Waals surface area contributed by atoms with Crippen LogP contribution in [0.2, 0.25) is 0 Å². The Bertz CT molecular complexity index is 1030. The van der Waals surface area contributed by atoms with Crippen molar-refractivity contribution in [3.63, 3.8) is 0 Å². The first-order valence-electron chi connectivity index (χ1n) is 9.29. The summed E-state index contributed by atoms with van der Waals surface area (Å²) in [5, 5.41) is 2.95. The second-order valence-corrected chi connectivity index (χ2v) is 7.73. The van der Waals surface area contributed by atoms with Crippen LogP contribution in [0.15, 0.2) is 53.9 Å². The highest BCUT2D eigenvalue weighted by Gasteiger charge is 2.25. The van der Waals surface area contributed by atoms with Crippen molar-refractivity contribution in [1.82, 2.24) is 4.98 Å². The number of aryl methyl sites for hydroxylation is 1. The van der Waals surface area contributed by atoms with E-state index in [0.717, 1.165) is 28.4 Å². The zero-order valence-electron chi connectivity index (χ0n) is 16.0. The molecule has 0 saturated carbocycles. The van der Waals surface area contributed by atoms with Gasteiger partial charge in [-0.3, -0.25) is 4.79 Å². The first kappa shape index (κ1) is 19.1. The fraction of sp³-hybridized carbons (Fsp3) is 0.227. The zero-order valence-corrected chi connectivity index (χ0v) is 16.8. The third kappa shape index (κ3) is 4.46. The van der Waals surface area contributed by atoms with Crippen LogP contribution >= 0.6 is 11.3 Å². The van der Waals surface area contributed by atoms with Gasteiger partial charge in [-0.15, -0.1) is 11.3 Å². The summed E-state index contributed by atoms with van der Waals surface area (Å²) in [7, 11) is 0. The van der Waals surface area contributed by atoms with E-state index in [4.69, 9.17) is 9.47 Å².